The molecule has 0 radical (unpaired) electrons. The van der Waals surface area contributed by atoms with E-state index in [0.717, 1.165) is 5.56 Å². The summed E-state index contributed by atoms with van der Waals surface area (Å²) in [5.41, 5.74) is -3.77. The van der Waals surface area contributed by atoms with Gasteiger partial charge in [-0.05, 0) is 18.4 Å². The molecule has 1 atom stereocenters. The summed E-state index contributed by atoms with van der Waals surface area (Å²) in [6.07, 6.45) is 1.02. The van der Waals surface area contributed by atoms with E-state index in [4.69, 9.17) is 0 Å². The van der Waals surface area contributed by atoms with E-state index in [2.05, 4.69) is 4.18 Å². The second-order valence-electron chi connectivity index (χ2n) is 3.09. The van der Waals surface area contributed by atoms with Gasteiger partial charge in [0.05, 0.1) is 6.61 Å². The van der Waals surface area contributed by atoms with E-state index in [0.29, 0.717) is 12.8 Å². The SMILES string of the molecule is O=S(OCCCc1ccccc1)C(F)(F)F. The molecular weight excluding hydrogens is 241 g/mol. The van der Waals surface area contributed by atoms with Crippen LogP contribution in [0.25, 0.3) is 0 Å². The molecular formula is C10H11F3O2S. The second kappa shape index (κ2) is 6.00. The lowest BCUT2D eigenvalue weighted by Crippen LogP contribution is -2.19. The maximum Gasteiger partial charge on any atom is 0.497 e. The molecule has 1 rings (SSSR count). The molecule has 0 saturated heterocycles. The first-order valence-corrected chi connectivity index (χ1v) is 5.73. The molecule has 1 unspecified atom stereocenters. The van der Waals surface area contributed by atoms with Crippen molar-refractivity contribution < 1.29 is 21.6 Å². The number of rotatable bonds is 5. The zero-order chi connectivity index (χ0) is 12.0. The maximum atomic E-state index is 11.8. The fourth-order valence-corrected chi connectivity index (χ4v) is 1.53. The molecule has 0 aromatic heterocycles. The molecule has 1 aromatic rings. The van der Waals surface area contributed by atoms with Crippen molar-refractivity contribution in [3.8, 4) is 0 Å². The van der Waals surface area contributed by atoms with Crippen LogP contribution in [0.5, 0.6) is 0 Å². The summed E-state index contributed by atoms with van der Waals surface area (Å²) in [5, 5.41) is 0. The van der Waals surface area contributed by atoms with Gasteiger partial charge in [-0.15, -0.1) is 0 Å². The second-order valence-corrected chi connectivity index (χ2v) is 4.26. The number of halogens is 3. The number of benzene rings is 1. The van der Waals surface area contributed by atoms with Crippen molar-refractivity contribution in [3.05, 3.63) is 35.9 Å². The molecule has 0 bridgehead atoms. The van der Waals surface area contributed by atoms with Crippen molar-refractivity contribution in [2.75, 3.05) is 6.61 Å². The highest BCUT2D eigenvalue weighted by Gasteiger charge is 2.38. The third-order valence-electron chi connectivity index (χ3n) is 1.83. The van der Waals surface area contributed by atoms with Crippen molar-refractivity contribution in [3.63, 3.8) is 0 Å². The van der Waals surface area contributed by atoms with Crippen LogP contribution in [0.15, 0.2) is 30.3 Å². The molecule has 0 saturated carbocycles. The minimum absolute atomic E-state index is 0.166. The molecule has 0 aliphatic heterocycles. The van der Waals surface area contributed by atoms with Gasteiger partial charge in [0.25, 0.3) is 11.1 Å². The molecule has 90 valence electrons. The number of hydrogen-bond acceptors (Lipinski definition) is 2. The van der Waals surface area contributed by atoms with Gasteiger partial charge in [-0.2, -0.15) is 13.2 Å². The van der Waals surface area contributed by atoms with Crippen LogP contribution in [0.3, 0.4) is 0 Å². The molecule has 0 amide bonds. The molecule has 0 N–H and O–H groups in total. The van der Waals surface area contributed by atoms with E-state index in [9.17, 15) is 17.4 Å². The monoisotopic (exact) mass is 252 g/mol. The van der Waals surface area contributed by atoms with Gasteiger partial charge < -0.3 is 0 Å². The zero-order valence-corrected chi connectivity index (χ0v) is 9.18. The van der Waals surface area contributed by atoms with Gasteiger partial charge in [-0.25, -0.2) is 4.21 Å². The smallest absolute Gasteiger partial charge is 0.284 e. The van der Waals surface area contributed by atoms with Crippen LogP contribution in [0.1, 0.15) is 12.0 Å². The summed E-state index contributed by atoms with van der Waals surface area (Å²) in [7, 11) is 0. The maximum absolute atomic E-state index is 11.8. The van der Waals surface area contributed by atoms with Crippen LogP contribution >= 0.6 is 0 Å². The van der Waals surface area contributed by atoms with Crippen molar-refractivity contribution in [1.29, 1.82) is 0 Å². The highest BCUT2D eigenvalue weighted by atomic mass is 32.2. The predicted molar refractivity (Wildman–Crippen MR) is 54.9 cm³/mol. The molecule has 0 spiro atoms. The van der Waals surface area contributed by atoms with Crippen molar-refractivity contribution >= 4 is 11.1 Å². The largest absolute Gasteiger partial charge is 0.497 e. The van der Waals surface area contributed by atoms with Gasteiger partial charge >= 0.3 is 5.51 Å². The summed E-state index contributed by atoms with van der Waals surface area (Å²) in [4.78, 5) is 0. The van der Waals surface area contributed by atoms with Gasteiger partial charge in [0.1, 0.15) is 0 Å². The fourth-order valence-electron chi connectivity index (χ4n) is 1.12. The lowest BCUT2D eigenvalue weighted by atomic mass is 10.1. The predicted octanol–water partition coefficient (Wildman–Crippen LogP) is 2.82. The van der Waals surface area contributed by atoms with Gasteiger partial charge in [-0.3, -0.25) is 4.18 Å². The van der Waals surface area contributed by atoms with Crippen molar-refractivity contribution in [1.82, 2.24) is 0 Å². The standard InChI is InChI=1S/C10H11F3O2S/c11-10(12,13)16(14)15-8-4-7-9-5-2-1-3-6-9/h1-3,5-6H,4,7-8H2. The topological polar surface area (TPSA) is 26.3 Å². The summed E-state index contributed by atoms with van der Waals surface area (Å²) >= 11 is -3.20. The fraction of sp³-hybridized carbons (Fsp3) is 0.400. The van der Waals surface area contributed by atoms with Crippen molar-refractivity contribution in [2.45, 2.75) is 18.3 Å². The molecule has 16 heavy (non-hydrogen) atoms. The molecule has 0 aliphatic rings. The molecule has 6 heteroatoms. The molecule has 2 nitrogen and oxygen atoms in total. The Morgan fingerprint density at radius 1 is 1.19 bits per heavy atom. The lowest BCUT2D eigenvalue weighted by molar-refractivity contribution is -0.0472. The molecule has 0 aliphatic carbocycles. The highest BCUT2D eigenvalue weighted by Crippen LogP contribution is 2.20. The van der Waals surface area contributed by atoms with Crippen LogP contribution in [0, 0.1) is 0 Å². The molecule has 1 aromatic carbocycles. The number of hydrogen-bond donors (Lipinski definition) is 0. The zero-order valence-electron chi connectivity index (χ0n) is 8.37. The quantitative estimate of drug-likeness (QED) is 0.753. The van der Waals surface area contributed by atoms with E-state index in [1.54, 1.807) is 0 Å². The summed E-state index contributed by atoms with van der Waals surface area (Å²) in [5.74, 6) is 0. The third-order valence-corrected chi connectivity index (χ3v) is 2.59. The first-order valence-electron chi connectivity index (χ1n) is 4.66. The molecule has 0 fully saturated rings. The average Bonchev–Trinajstić information content (AvgIpc) is 2.24. The van der Waals surface area contributed by atoms with Gasteiger partial charge in [-0.1, -0.05) is 30.3 Å². The van der Waals surface area contributed by atoms with E-state index in [1.807, 2.05) is 30.3 Å². The first-order chi connectivity index (χ1) is 7.50. The number of alkyl halides is 3. The highest BCUT2D eigenvalue weighted by molar-refractivity contribution is 7.81. The Kier molecular flexibility index (Phi) is 4.95. The Labute approximate surface area is 94.1 Å². The van der Waals surface area contributed by atoms with Gasteiger partial charge in [0, 0.05) is 0 Å². The van der Waals surface area contributed by atoms with Crippen LogP contribution in [0.4, 0.5) is 13.2 Å². The normalized spacial score (nSPS) is 13.7. The third kappa shape index (κ3) is 4.76. The Bertz CT molecular complexity index is 338. The Balaban J connectivity index is 2.20. The van der Waals surface area contributed by atoms with Crippen molar-refractivity contribution in [2.24, 2.45) is 0 Å². The lowest BCUT2D eigenvalue weighted by Gasteiger charge is -2.06. The first kappa shape index (κ1) is 13.2. The van der Waals surface area contributed by atoms with Crippen LogP contribution in [0.2, 0.25) is 0 Å². The summed E-state index contributed by atoms with van der Waals surface area (Å²) in [6.45, 7) is -0.166. The van der Waals surface area contributed by atoms with Crippen LogP contribution in [-0.2, 0) is 21.7 Å². The average molecular weight is 252 g/mol. The minimum Gasteiger partial charge on any atom is -0.284 e. The van der Waals surface area contributed by atoms with E-state index in [-0.39, 0.29) is 6.61 Å². The molecule has 0 heterocycles. The Morgan fingerprint density at radius 3 is 2.38 bits per heavy atom. The Morgan fingerprint density at radius 2 is 1.81 bits per heavy atom. The number of aryl methyl sites for hydroxylation is 1. The van der Waals surface area contributed by atoms with Gasteiger partial charge in [0.2, 0.25) is 0 Å². The Hall–Kier alpha value is -0.880. The van der Waals surface area contributed by atoms with E-state index in [1.165, 1.54) is 0 Å². The van der Waals surface area contributed by atoms with Crippen LogP contribution < -0.4 is 0 Å². The van der Waals surface area contributed by atoms with Gasteiger partial charge in [0.15, 0.2) is 0 Å². The summed E-state index contributed by atoms with van der Waals surface area (Å²) < 4.78 is 49.9. The minimum atomic E-state index is -4.78. The summed E-state index contributed by atoms with van der Waals surface area (Å²) in [6, 6.07) is 9.31. The van der Waals surface area contributed by atoms with Crippen LogP contribution in [-0.4, -0.2) is 16.3 Å². The van der Waals surface area contributed by atoms with E-state index >= 15 is 0 Å². The van der Waals surface area contributed by atoms with E-state index < -0.39 is 16.6 Å².